The van der Waals surface area contributed by atoms with E-state index in [1.807, 2.05) is 16.8 Å². The maximum Gasteiger partial charge on any atom is 0.306 e. The zero-order valence-corrected chi connectivity index (χ0v) is 14.4. The zero-order chi connectivity index (χ0) is 17.5. The molecule has 2 rings (SSSR count). The number of hydrogen-bond donors (Lipinski definition) is 1. The van der Waals surface area contributed by atoms with Crippen LogP contribution in [0.2, 0.25) is 0 Å². The van der Waals surface area contributed by atoms with Gasteiger partial charge in [-0.2, -0.15) is 11.3 Å². The van der Waals surface area contributed by atoms with Gasteiger partial charge in [0.2, 0.25) is 0 Å². The van der Waals surface area contributed by atoms with Crippen LogP contribution in [-0.4, -0.2) is 23.8 Å². The van der Waals surface area contributed by atoms with Gasteiger partial charge < -0.3 is 10.1 Å². The molecule has 0 saturated carbocycles. The first kappa shape index (κ1) is 17.9. The van der Waals surface area contributed by atoms with Gasteiger partial charge in [-0.05, 0) is 54.8 Å². The van der Waals surface area contributed by atoms with E-state index in [1.165, 1.54) is 13.8 Å². The highest BCUT2D eigenvalue weighted by Gasteiger charge is 2.18. The number of nitrogens with one attached hydrogen (secondary N) is 1. The van der Waals surface area contributed by atoms with E-state index in [4.69, 9.17) is 4.74 Å². The van der Waals surface area contributed by atoms with Crippen molar-refractivity contribution in [2.45, 2.75) is 32.8 Å². The summed E-state index contributed by atoms with van der Waals surface area (Å²) in [5.74, 6) is -0.931. The number of ketones is 1. The Kier molecular flexibility index (Phi) is 6.26. The summed E-state index contributed by atoms with van der Waals surface area (Å²) < 4.78 is 5.15. The average molecular weight is 345 g/mol. The van der Waals surface area contributed by atoms with E-state index < -0.39 is 18.0 Å². The van der Waals surface area contributed by atoms with Crippen molar-refractivity contribution in [1.82, 2.24) is 0 Å². The van der Waals surface area contributed by atoms with Gasteiger partial charge >= 0.3 is 5.97 Å². The lowest BCUT2D eigenvalue weighted by atomic mass is 10.1. The fourth-order valence-electron chi connectivity index (χ4n) is 2.05. The number of benzene rings is 1. The summed E-state index contributed by atoms with van der Waals surface area (Å²) in [6, 6.07) is 8.58. The van der Waals surface area contributed by atoms with Gasteiger partial charge in [-0.1, -0.05) is 12.1 Å². The molecule has 0 aliphatic carbocycles. The lowest BCUT2D eigenvalue weighted by molar-refractivity contribution is -0.153. The molecule has 1 heterocycles. The number of carbonyl (C=O) groups is 3. The van der Waals surface area contributed by atoms with E-state index in [1.54, 1.807) is 35.6 Å². The second-order valence-electron chi connectivity index (χ2n) is 5.39. The van der Waals surface area contributed by atoms with Crippen LogP contribution in [0.4, 0.5) is 5.69 Å². The van der Waals surface area contributed by atoms with Crippen LogP contribution in [0.3, 0.4) is 0 Å². The van der Waals surface area contributed by atoms with Crippen LogP contribution in [-0.2, 0) is 20.7 Å². The van der Waals surface area contributed by atoms with Gasteiger partial charge in [0.05, 0.1) is 0 Å². The molecule has 1 N–H and O–H groups in total. The van der Waals surface area contributed by atoms with Gasteiger partial charge in [-0.3, -0.25) is 14.4 Å². The normalized spacial score (nSPS) is 11.6. The Morgan fingerprint density at radius 3 is 2.71 bits per heavy atom. The molecule has 0 saturated heterocycles. The summed E-state index contributed by atoms with van der Waals surface area (Å²) in [5.41, 5.74) is 2.08. The number of ether oxygens (including phenoxy) is 1. The van der Waals surface area contributed by atoms with Gasteiger partial charge in [0, 0.05) is 17.7 Å². The van der Waals surface area contributed by atoms with Gasteiger partial charge in [0.1, 0.15) is 0 Å². The highest BCUT2D eigenvalue weighted by atomic mass is 32.1. The lowest BCUT2D eigenvalue weighted by Crippen LogP contribution is -2.30. The Morgan fingerprint density at radius 2 is 2.04 bits per heavy atom. The molecule has 5 nitrogen and oxygen atoms in total. The number of anilines is 1. The second-order valence-corrected chi connectivity index (χ2v) is 6.17. The predicted octanol–water partition coefficient (Wildman–Crippen LogP) is 3.45. The third-order valence-corrected chi connectivity index (χ3v) is 4.14. The molecule has 0 fully saturated rings. The number of carbonyl (C=O) groups excluding carboxylic acids is 3. The van der Waals surface area contributed by atoms with Gasteiger partial charge in [0.25, 0.3) is 5.91 Å². The highest BCUT2D eigenvalue weighted by molar-refractivity contribution is 7.07. The number of amides is 1. The van der Waals surface area contributed by atoms with E-state index in [0.717, 1.165) is 5.56 Å². The molecule has 0 unspecified atom stereocenters. The number of rotatable bonds is 7. The van der Waals surface area contributed by atoms with Crippen LogP contribution in [0.25, 0.3) is 0 Å². The van der Waals surface area contributed by atoms with Crippen LogP contribution >= 0.6 is 11.3 Å². The Morgan fingerprint density at radius 1 is 1.25 bits per heavy atom. The molecular formula is C18H19NO4S. The minimum absolute atomic E-state index is 0.0843. The third-order valence-electron chi connectivity index (χ3n) is 3.41. The molecule has 1 atom stereocenters. The summed E-state index contributed by atoms with van der Waals surface area (Å²) in [6.07, 6.45) is -0.0770. The summed E-state index contributed by atoms with van der Waals surface area (Å²) in [5, 5.41) is 6.57. The molecule has 1 aromatic carbocycles. The molecule has 6 heteroatoms. The smallest absolute Gasteiger partial charge is 0.306 e. The molecule has 0 aliphatic rings. The lowest BCUT2D eigenvalue weighted by Gasteiger charge is -2.13. The molecule has 1 aromatic heterocycles. The number of thiophene rings is 1. The molecule has 126 valence electrons. The van der Waals surface area contributed by atoms with E-state index in [0.29, 0.717) is 17.7 Å². The van der Waals surface area contributed by atoms with Crippen molar-refractivity contribution in [2.75, 3.05) is 5.32 Å². The first-order valence-corrected chi connectivity index (χ1v) is 8.52. The van der Waals surface area contributed by atoms with Crippen LogP contribution < -0.4 is 5.32 Å². The quantitative estimate of drug-likeness (QED) is 0.616. The Balaban J connectivity index is 1.84. The summed E-state index contributed by atoms with van der Waals surface area (Å²) >= 11 is 1.57. The van der Waals surface area contributed by atoms with Crippen molar-refractivity contribution in [3.63, 3.8) is 0 Å². The van der Waals surface area contributed by atoms with Crippen LogP contribution in [0, 0.1) is 0 Å². The van der Waals surface area contributed by atoms with E-state index >= 15 is 0 Å². The minimum atomic E-state index is -0.902. The van der Waals surface area contributed by atoms with Crippen LogP contribution in [0.5, 0.6) is 0 Å². The van der Waals surface area contributed by atoms with Crippen molar-refractivity contribution >= 4 is 34.7 Å². The maximum absolute atomic E-state index is 12.1. The Bertz CT molecular complexity index is 724. The van der Waals surface area contributed by atoms with Gasteiger partial charge in [-0.15, -0.1) is 0 Å². The number of esters is 1. The fourth-order valence-corrected chi connectivity index (χ4v) is 2.75. The van der Waals surface area contributed by atoms with Crippen molar-refractivity contribution < 1.29 is 19.1 Å². The fraction of sp³-hybridized carbons (Fsp3) is 0.278. The third kappa shape index (κ3) is 5.31. The highest BCUT2D eigenvalue weighted by Crippen LogP contribution is 2.13. The molecule has 0 aliphatic heterocycles. The van der Waals surface area contributed by atoms with Crippen molar-refractivity contribution in [1.29, 1.82) is 0 Å². The minimum Gasteiger partial charge on any atom is -0.453 e. The molecule has 1 amide bonds. The molecule has 0 bridgehead atoms. The molecule has 24 heavy (non-hydrogen) atoms. The van der Waals surface area contributed by atoms with Gasteiger partial charge in [-0.25, -0.2) is 0 Å². The largest absolute Gasteiger partial charge is 0.453 e. The topological polar surface area (TPSA) is 72.5 Å². The summed E-state index contributed by atoms with van der Waals surface area (Å²) in [4.78, 5) is 35.2. The summed E-state index contributed by atoms with van der Waals surface area (Å²) in [6.45, 7) is 2.98. The predicted molar refractivity (Wildman–Crippen MR) is 93.3 cm³/mol. The average Bonchev–Trinajstić information content (AvgIpc) is 3.06. The van der Waals surface area contributed by atoms with Crippen molar-refractivity contribution in [3.05, 3.63) is 52.2 Å². The summed E-state index contributed by atoms with van der Waals surface area (Å²) in [7, 11) is 0. The Labute approximate surface area is 144 Å². The van der Waals surface area contributed by atoms with E-state index in [-0.39, 0.29) is 12.2 Å². The Hall–Kier alpha value is -2.47. The van der Waals surface area contributed by atoms with Crippen molar-refractivity contribution in [2.24, 2.45) is 0 Å². The standard InChI is InChI=1S/C18H19NO4S/c1-12(20)15-4-3-5-16(10-15)19-18(22)13(2)23-17(21)7-6-14-8-9-24-11-14/h3-5,8-11,13H,6-7H2,1-2H3,(H,19,22)/t13-/m1/s1. The zero-order valence-electron chi connectivity index (χ0n) is 13.6. The van der Waals surface area contributed by atoms with E-state index in [2.05, 4.69) is 5.32 Å². The maximum atomic E-state index is 12.1. The van der Waals surface area contributed by atoms with Crippen LogP contribution in [0.15, 0.2) is 41.1 Å². The number of aryl methyl sites for hydroxylation is 1. The molecular weight excluding hydrogens is 326 g/mol. The first-order valence-electron chi connectivity index (χ1n) is 7.58. The monoisotopic (exact) mass is 345 g/mol. The van der Waals surface area contributed by atoms with Crippen molar-refractivity contribution in [3.8, 4) is 0 Å². The van der Waals surface area contributed by atoms with Crippen LogP contribution in [0.1, 0.15) is 36.2 Å². The SMILES string of the molecule is CC(=O)c1cccc(NC(=O)[C@@H](C)OC(=O)CCc2ccsc2)c1. The second kappa shape index (κ2) is 8.40. The molecule has 0 spiro atoms. The number of Topliss-reactive ketones (excluding diaryl/α,β-unsaturated/α-hetero) is 1. The first-order chi connectivity index (χ1) is 11.5. The molecule has 0 radical (unpaired) electrons. The number of hydrogen-bond acceptors (Lipinski definition) is 5. The molecule has 2 aromatic rings. The van der Waals surface area contributed by atoms with Gasteiger partial charge in [0.15, 0.2) is 11.9 Å². The van der Waals surface area contributed by atoms with E-state index in [9.17, 15) is 14.4 Å².